The number of halogens is 4. The van der Waals surface area contributed by atoms with E-state index in [0.717, 1.165) is 10.6 Å². The highest BCUT2D eigenvalue weighted by molar-refractivity contribution is 5.95. The number of amides is 2. The Morgan fingerprint density at radius 3 is 2.62 bits per heavy atom. The summed E-state index contributed by atoms with van der Waals surface area (Å²) in [4.78, 5) is 23.8. The summed E-state index contributed by atoms with van der Waals surface area (Å²) in [6.07, 6.45) is -3.61. The molecule has 11 heteroatoms. The number of benzene rings is 1. The average molecular weight is 409 g/mol. The van der Waals surface area contributed by atoms with Crippen molar-refractivity contribution in [3.05, 3.63) is 45.4 Å². The lowest BCUT2D eigenvalue weighted by atomic mass is 9.85. The van der Waals surface area contributed by atoms with Gasteiger partial charge >= 0.3 is 17.9 Å². The number of aromatic amines is 1. The molecule has 0 unspecified atom stereocenters. The molecule has 29 heavy (non-hydrogen) atoms. The van der Waals surface area contributed by atoms with Crippen LogP contribution in [0.3, 0.4) is 0 Å². The Kier molecular flexibility index (Phi) is 4.18. The number of carbonyl (C=O) groups excluding carboxylic acids is 1. The zero-order valence-corrected chi connectivity index (χ0v) is 15.1. The molecule has 0 saturated heterocycles. The second kappa shape index (κ2) is 6.37. The fraction of sp³-hybridized carbons (Fsp3) is 0.389. The van der Waals surface area contributed by atoms with E-state index in [0.29, 0.717) is 18.9 Å². The van der Waals surface area contributed by atoms with Crippen LogP contribution >= 0.6 is 0 Å². The third kappa shape index (κ3) is 3.24. The third-order valence-electron chi connectivity index (χ3n) is 4.88. The number of hydrogen-bond acceptors (Lipinski definition) is 3. The van der Waals surface area contributed by atoms with Gasteiger partial charge in [-0.15, -0.1) is 0 Å². The number of hydrogen-bond donors (Lipinski definition) is 3. The maximum absolute atomic E-state index is 14.8. The number of aryl methyl sites for hydroxylation is 1. The van der Waals surface area contributed by atoms with Gasteiger partial charge in [-0.1, -0.05) is 11.8 Å². The molecule has 2 aliphatic rings. The van der Waals surface area contributed by atoms with Crippen molar-refractivity contribution in [1.82, 2.24) is 20.1 Å². The number of nitrogens with zero attached hydrogens (tertiary/aromatic N) is 2. The molecule has 7 nitrogen and oxygen atoms in total. The highest BCUT2D eigenvalue weighted by atomic mass is 19.4. The standard InChI is InChI=1S/C18H15F4N5O2/c1-9-25-26-16(29)27(9)8-11-6-14-12(7-13(11)19)17(18(20,21)22,24-15(28)23-14)5-4-10-2-3-10/h6-7,10H,2-3,8H2,1H3,(H,26,29)(H2,23,24,28)/t17-/m0/s1. The maximum Gasteiger partial charge on any atom is 0.427 e. The van der Waals surface area contributed by atoms with Gasteiger partial charge in [-0.05, 0) is 31.9 Å². The summed E-state index contributed by atoms with van der Waals surface area (Å²) in [5, 5.41) is 10.0. The van der Waals surface area contributed by atoms with Gasteiger partial charge in [0.1, 0.15) is 11.6 Å². The first kappa shape index (κ1) is 19.0. The molecule has 2 heterocycles. The lowest BCUT2D eigenvalue weighted by Crippen LogP contribution is -2.59. The second-order valence-corrected chi connectivity index (χ2v) is 7.02. The van der Waals surface area contributed by atoms with E-state index in [1.165, 1.54) is 6.92 Å². The Bertz CT molecular complexity index is 1120. The van der Waals surface area contributed by atoms with E-state index in [4.69, 9.17) is 0 Å². The van der Waals surface area contributed by atoms with Gasteiger partial charge in [0.15, 0.2) is 0 Å². The molecule has 1 aliphatic carbocycles. The van der Waals surface area contributed by atoms with Crippen LogP contribution < -0.4 is 16.3 Å². The molecule has 2 aromatic rings. The van der Waals surface area contributed by atoms with Crippen LogP contribution in [0.4, 0.5) is 28.0 Å². The van der Waals surface area contributed by atoms with Gasteiger partial charge < -0.3 is 10.6 Å². The first-order chi connectivity index (χ1) is 13.6. The first-order valence-electron chi connectivity index (χ1n) is 8.74. The zero-order chi connectivity index (χ0) is 21.0. The summed E-state index contributed by atoms with van der Waals surface area (Å²) >= 11 is 0. The topological polar surface area (TPSA) is 91.8 Å². The van der Waals surface area contributed by atoms with Crippen molar-refractivity contribution >= 4 is 11.7 Å². The number of anilines is 1. The summed E-state index contributed by atoms with van der Waals surface area (Å²) in [6, 6.07) is 0.683. The molecule has 1 aromatic heterocycles. The van der Waals surface area contributed by atoms with Crippen LogP contribution in [0.25, 0.3) is 0 Å². The average Bonchev–Trinajstić information content (AvgIpc) is 3.41. The molecule has 1 atom stereocenters. The van der Waals surface area contributed by atoms with E-state index >= 15 is 0 Å². The van der Waals surface area contributed by atoms with Crippen molar-refractivity contribution in [3.8, 4) is 11.8 Å². The third-order valence-corrected chi connectivity index (χ3v) is 4.88. The van der Waals surface area contributed by atoms with E-state index in [1.807, 2.05) is 5.32 Å². The van der Waals surface area contributed by atoms with Crippen LogP contribution in [0.1, 0.15) is 29.8 Å². The lowest BCUT2D eigenvalue weighted by Gasteiger charge is -2.37. The second-order valence-electron chi connectivity index (χ2n) is 7.02. The molecule has 0 radical (unpaired) electrons. The Balaban J connectivity index is 1.85. The fourth-order valence-corrected chi connectivity index (χ4v) is 3.13. The number of nitrogens with one attached hydrogen (secondary N) is 3. The normalized spacial score (nSPS) is 20.9. The molecule has 1 aliphatic heterocycles. The van der Waals surface area contributed by atoms with Crippen LogP contribution in [0.2, 0.25) is 0 Å². The highest BCUT2D eigenvalue weighted by Gasteiger charge is 2.59. The van der Waals surface area contributed by atoms with Crippen molar-refractivity contribution in [2.75, 3.05) is 5.32 Å². The van der Waals surface area contributed by atoms with Gasteiger partial charge in [0.05, 0.1) is 6.54 Å². The molecule has 1 aromatic carbocycles. The molecule has 4 rings (SSSR count). The fourth-order valence-electron chi connectivity index (χ4n) is 3.13. The molecular formula is C18H15F4N5O2. The summed E-state index contributed by atoms with van der Waals surface area (Å²) < 4.78 is 58.0. The molecule has 152 valence electrons. The van der Waals surface area contributed by atoms with Crippen LogP contribution in [-0.4, -0.2) is 27.0 Å². The molecule has 0 bridgehead atoms. The van der Waals surface area contributed by atoms with Crippen molar-refractivity contribution in [2.45, 2.75) is 38.0 Å². The zero-order valence-electron chi connectivity index (χ0n) is 15.1. The molecule has 1 saturated carbocycles. The van der Waals surface area contributed by atoms with Crippen LogP contribution in [0.15, 0.2) is 16.9 Å². The number of aromatic nitrogens is 3. The molecule has 1 fully saturated rings. The number of H-pyrrole nitrogens is 1. The minimum absolute atomic E-state index is 0.0798. The maximum atomic E-state index is 14.8. The predicted octanol–water partition coefficient (Wildman–Crippen LogP) is 2.37. The van der Waals surface area contributed by atoms with E-state index in [-0.39, 0.29) is 29.5 Å². The van der Waals surface area contributed by atoms with Gasteiger partial charge in [0.25, 0.3) is 0 Å². The molecule has 3 N–H and O–H groups in total. The molecular weight excluding hydrogens is 394 g/mol. The van der Waals surface area contributed by atoms with Crippen LogP contribution in [0.5, 0.6) is 0 Å². The number of rotatable bonds is 2. The van der Waals surface area contributed by atoms with Crippen molar-refractivity contribution in [3.63, 3.8) is 0 Å². The first-order valence-corrected chi connectivity index (χ1v) is 8.74. The lowest BCUT2D eigenvalue weighted by molar-refractivity contribution is -0.178. The molecule has 0 spiro atoms. The summed E-state index contributed by atoms with van der Waals surface area (Å²) in [7, 11) is 0. The monoisotopic (exact) mass is 409 g/mol. The highest BCUT2D eigenvalue weighted by Crippen LogP contribution is 2.45. The Labute approximate surface area is 161 Å². The minimum atomic E-state index is -4.98. The molecule has 2 amide bonds. The summed E-state index contributed by atoms with van der Waals surface area (Å²) in [5.41, 5.74) is -4.44. The predicted molar refractivity (Wildman–Crippen MR) is 93.5 cm³/mol. The van der Waals surface area contributed by atoms with E-state index in [2.05, 4.69) is 27.4 Å². The minimum Gasteiger partial charge on any atom is -0.310 e. The van der Waals surface area contributed by atoms with Crippen LogP contribution in [0, 0.1) is 30.5 Å². The number of fused-ring (bicyclic) bond motifs is 1. The van der Waals surface area contributed by atoms with Crippen molar-refractivity contribution in [2.24, 2.45) is 5.92 Å². The largest absolute Gasteiger partial charge is 0.427 e. The van der Waals surface area contributed by atoms with Gasteiger partial charge in [0.2, 0.25) is 5.54 Å². The number of urea groups is 1. The smallest absolute Gasteiger partial charge is 0.310 e. The van der Waals surface area contributed by atoms with Gasteiger partial charge in [-0.3, -0.25) is 4.57 Å². The quantitative estimate of drug-likeness (QED) is 0.525. The summed E-state index contributed by atoms with van der Waals surface area (Å²) in [6.45, 7) is 1.25. The SMILES string of the molecule is Cc1n[nH]c(=O)n1Cc1cc2c(cc1F)[C@@](C#CC1CC1)(C(F)(F)F)NC(=O)N2. The Morgan fingerprint density at radius 1 is 1.31 bits per heavy atom. The van der Waals surface area contributed by atoms with Crippen molar-refractivity contribution in [1.29, 1.82) is 0 Å². The summed E-state index contributed by atoms with van der Waals surface area (Å²) in [5.74, 6) is 3.83. The Hall–Kier alpha value is -3.29. The number of alkyl halides is 3. The Morgan fingerprint density at radius 2 is 2.03 bits per heavy atom. The van der Waals surface area contributed by atoms with Crippen molar-refractivity contribution < 1.29 is 22.4 Å². The van der Waals surface area contributed by atoms with Gasteiger partial charge in [-0.25, -0.2) is 19.1 Å². The van der Waals surface area contributed by atoms with E-state index in [1.54, 1.807) is 0 Å². The van der Waals surface area contributed by atoms with Gasteiger partial charge in [0, 0.05) is 22.7 Å². The van der Waals surface area contributed by atoms with Crippen LogP contribution in [-0.2, 0) is 12.1 Å². The van der Waals surface area contributed by atoms with E-state index in [9.17, 15) is 27.2 Å². The van der Waals surface area contributed by atoms with E-state index < -0.39 is 34.8 Å². The number of carbonyl (C=O) groups is 1. The van der Waals surface area contributed by atoms with Gasteiger partial charge in [-0.2, -0.15) is 18.3 Å².